The molecule has 1 amide bonds. The summed E-state index contributed by atoms with van der Waals surface area (Å²) >= 11 is 0. The number of aromatic nitrogens is 5. The molecule has 0 aliphatic heterocycles. The smallest absolute Gasteiger partial charge is 0.396 e. The van der Waals surface area contributed by atoms with Crippen LogP contribution in [0.25, 0.3) is 11.3 Å². The van der Waals surface area contributed by atoms with E-state index in [-0.39, 0.29) is 23.9 Å². The summed E-state index contributed by atoms with van der Waals surface area (Å²) in [5.41, 5.74) is 0.789. The van der Waals surface area contributed by atoms with Gasteiger partial charge < -0.3 is 30.8 Å². The number of nitrogens with zero attached hydrogens (tertiary/aromatic N) is 5. The Kier molecular flexibility index (Phi) is 9.45. The summed E-state index contributed by atoms with van der Waals surface area (Å²) < 4.78 is 54.7. The van der Waals surface area contributed by atoms with E-state index in [1.54, 1.807) is 17.8 Å². The van der Waals surface area contributed by atoms with Gasteiger partial charge in [-0.1, -0.05) is 12.1 Å². The lowest BCUT2D eigenvalue weighted by atomic mass is 10.1. The summed E-state index contributed by atoms with van der Waals surface area (Å²) in [7, 11) is -2.94. The monoisotopic (exact) mass is 620 g/mol. The zero-order valence-electron chi connectivity index (χ0n) is 22.9. The molecule has 0 radical (unpaired) electrons. The van der Waals surface area contributed by atoms with Gasteiger partial charge in [-0.05, 0) is 42.7 Å². The first-order valence-electron chi connectivity index (χ1n) is 12.8. The number of hydrogen-bond donors (Lipinski definition) is 6. The molecule has 43 heavy (non-hydrogen) atoms. The van der Waals surface area contributed by atoms with Gasteiger partial charge in [0.25, 0.3) is 5.91 Å². The molecule has 3 heterocycles. The van der Waals surface area contributed by atoms with Gasteiger partial charge in [-0.3, -0.25) is 14.0 Å². The molecule has 0 atom stereocenters. The summed E-state index contributed by atoms with van der Waals surface area (Å²) in [5.74, 6) is -1.51. The second-order valence-electron chi connectivity index (χ2n) is 9.42. The maximum atomic E-state index is 13.9. The molecule has 0 aliphatic carbocycles. The van der Waals surface area contributed by atoms with Crippen LogP contribution in [0.1, 0.15) is 33.6 Å². The van der Waals surface area contributed by atoms with Gasteiger partial charge in [-0.15, -0.1) is 0 Å². The number of aryl methyl sites for hydroxylation is 2. The fraction of sp³-hybridized carbons (Fsp3) is 0.269. The van der Waals surface area contributed by atoms with Crippen molar-refractivity contribution in [2.45, 2.75) is 32.2 Å². The lowest BCUT2D eigenvalue weighted by Crippen LogP contribution is -2.21. The number of rotatable bonds is 11. The van der Waals surface area contributed by atoms with Crippen LogP contribution < -0.4 is 16.0 Å². The van der Waals surface area contributed by atoms with Gasteiger partial charge in [0.2, 0.25) is 5.95 Å². The van der Waals surface area contributed by atoms with E-state index in [4.69, 9.17) is 5.11 Å². The van der Waals surface area contributed by atoms with Crippen LogP contribution in [0.3, 0.4) is 0 Å². The molecule has 0 spiro atoms. The molecule has 0 aliphatic rings. The van der Waals surface area contributed by atoms with E-state index in [1.807, 2.05) is 0 Å². The Morgan fingerprint density at radius 3 is 2.47 bits per heavy atom. The van der Waals surface area contributed by atoms with Gasteiger partial charge in [0.1, 0.15) is 11.4 Å². The highest BCUT2D eigenvalue weighted by Crippen LogP contribution is 2.40. The highest BCUT2D eigenvalue weighted by atomic mass is 31.2. The molecule has 13 nitrogen and oxygen atoms in total. The maximum absolute atomic E-state index is 13.9. The Bertz CT molecular complexity index is 1670. The van der Waals surface area contributed by atoms with Crippen molar-refractivity contribution in [2.24, 2.45) is 0 Å². The van der Waals surface area contributed by atoms with E-state index in [0.29, 0.717) is 47.2 Å². The Morgan fingerprint density at radius 1 is 1.07 bits per heavy atom. The van der Waals surface area contributed by atoms with Crippen molar-refractivity contribution in [3.05, 3.63) is 71.3 Å². The zero-order chi connectivity index (χ0) is 31.4. The van der Waals surface area contributed by atoms with Gasteiger partial charge in [-0.2, -0.15) is 23.3 Å². The number of aliphatic hydroxyl groups excluding tert-OH is 1. The van der Waals surface area contributed by atoms with Crippen molar-refractivity contribution in [2.75, 3.05) is 24.3 Å². The van der Waals surface area contributed by atoms with Gasteiger partial charge in [0.05, 0.1) is 23.7 Å². The Hall–Kier alpha value is -4.37. The maximum Gasteiger partial charge on any atom is 0.421 e. The van der Waals surface area contributed by atoms with Crippen molar-refractivity contribution in [3.8, 4) is 11.3 Å². The average Bonchev–Trinajstić information content (AvgIpc) is 3.41. The third kappa shape index (κ3) is 8.14. The molecule has 17 heteroatoms. The van der Waals surface area contributed by atoms with Crippen LogP contribution >= 0.6 is 7.60 Å². The number of amides is 1. The summed E-state index contributed by atoms with van der Waals surface area (Å²) in [6, 6.07) is 7.42. The number of nitrogens with one attached hydrogen (secondary N) is 3. The third-order valence-electron chi connectivity index (χ3n) is 6.08. The van der Waals surface area contributed by atoms with Crippen molar-refractivity contribution in [1.82, 2.24) is 30.0 Å². The Balaban J connectivity index is 1.68. The summed E-state index contributed by atoms with van der Waals surface area (Å²) in [6.07, 6.45) is -1.04. The van der Waals surface area contributed by atoms with Crippen molar-refractivity contribution < 1.29 is 37.4 Å². The number of benzene rings is 1. The molecule has 0 unspecified atom stereocenters. The SMILES string of the molecule is CNC(=O)c1nc(-c2cnn(CCCO)c2)ccc1Nc1nc(Nc2ccc(CP(=O)(O)O)cc2C)ncc1C(F)(F)F. The van der Waals surface area contributed by atoms with E-state index in [2.05, 4.69) is 36.0 Å². The first-order chi connectivity index (χ1) is 20.3. The molecule has 1 aromatic carbocycles. The Labute approximate surface area is 243 Å². The summed E-state index contributed by atoms with van der Waals surface area (Å²) in [4.78, 5) is 43.3. The summed E-state index contributed by atoms with van der Waals surface area (Å²) in [6.45, 7) is 2.09. The molecule has 0 fully saturated rings. The van der Waals surface area contributed by atoms with Gasteiger partial charge >= 0.3 is 13.8 Å². The van der Waals surface area contributed by atoms with Crippen LogP contribution in [-0.2, 0) is 23.4 Å². The predicted molar refractivity (Wildman–Crippen MR) is 151 cm³/mol. The van der Waals surface area contributed by atoms with Crippen molar-refractivity contribution >= 4 is 36.6 Å². The van der Waals surface area contributed by atoms with Gasteiger partial charge in [-0.25, -0.2) is 9.97 Å². The highest BCUT2D eigenvalue weighted by Gasteiger charge is 2.36. The van der Waals surface area contributed by atoms with Crippen LogP contribution in [0.5, 0.6) is 0 Å². The molecule has 0 saturated heterocycles. The first kappa shape index (κ1) is 31.6. The van der Waals surface area contributed by atoms with E-state index < -0.39 is 37.2 Å². The minimum atomic E-state index is -4.84. The van der Waals surface area contributed by atoms with E-state index in [9.17, 15) is 32.3 Å². The average molecular weight is 621 g/mol. The van der Waals surface area contributed by atoms with Crippen LogP contribution in [0, 0.1) is 6.92 Å². The van der Waals surface area contributed by atoms with Gasteiger partial charge in [0, 0.05) is 43.8 Å². The number of pyridine rings is 1. The van der Waals surface area contributed by atoms with Crippen LogP contribution in [0.15, 0.2) is 48.9 Å². The third-order valence-corrected chi connectivity index (χ3v) is 6.86. The zero-order valence-corrected chi connectivity index (χ0v) is 23.8. The lowest BCUT2D eigenvalue weighted by Gasteiger charge is -2.17. The quantitative estimate of drug-likeness (QED) is 0.133. The first-order valence-corrected chi connectivity index (χ1v) is 14.6. The number of carbonyl (C=O) groups excluding carboxylic acids is 1. The molecule has 6 N–H and O–H groups in total. The highest BCUT2D eigenvalue weighted by molar-refractivity contribution is 7.50. The summed E-state index contributed by atoms with van der Waals surface area (Å²) in [5, 5.41) is 21.0. The molecule has 228 valence electrons. The van der Waals surface area contributed by atoms with Crippen molar-refractivity contribution in [3.63, 3.8) is 0 Å². The lowest BCUT2D eigenvalue weighted by molar-refractivity contribution is -0.137. The molecule has 4 rings (SSSR count). The predicted octanol–water partition coefficient (Wildman–Crippen LogP) is 3.97. The molecular formula is C26H28F3N8O5P. The van der Waals surface area contributed by atoms with E-state index in [1.165, 1.54) is 43.6 Å². The molecule has 3 aromatic heterocycles. The number of alkyl halides is 3. The van der Waals surface area contributed by atoms with Crippen LogP contribution in [0.4, 0.5) is 36.3 Å². The fourth-order valence-electron chi connectivity index (χ4n) is 4.06. The largest absolute Gasteiger partial charge is 0.421 e. The normalized spacial score (nSPS) is 11.8. The number of aliphatic hydroxyl groups is 1. The van der Waals surface area contributed by atoms with E-state index >= 15 is 0 Å². The second kappa shape index (κ2) is 12.9. The molecule has 0 bridgehead atoms. The minimum Gasteiger partial charge on any atom is -0.396 e. The Morgan fingerprint density at radius 2 is 1.81 bits per heavy atom. The minimum absolute atomic E-state index is 0.0138. The number of carbonyl (C=O) groups is 1. The fourth-order valence-corrected chi connectivity index (χ4v) is 4.73. The van der Waals surface area contributed by atoms with E-state index in [0.717, 1.165) is 0 Å². The molecule has 4 aromatic rings. The number of halogens is 3. The van der Waals surface area contributed by atoms with Crippen LogP contribution in [-0.4, -0.2) is 59.2 Å². The van der Waals surface area contributed by atoms with Crippen molar-refractivity contribution in [1.29, 1.82) is 0 Å². The molecular weight excluding hydrogens is 592 g/mol. The number of hydrogen-bond acceptors (Lipinski definition) is 9. The van der Waals surface area contributed by atoms with Gasteiger partial charge in [0.15, 0.2) is 5.69 Å². The molecule has 0 saturated carbocycles. The number of anilines is 4. The van der Waals surface area contributed by atoms with Crippen LogP contribution in [0.2, 0.25) is 0 Å². The second-order valence-corrected chi connectivity index (χ2v) is 11.1. The standard InChI is InChI=1S/C26H28F3N8O5P/c1-15-10-16(14-43(40,41)42)4-5-19(15)35-25-31-12-18(26(27,28)29)23(36-25)34-21-7-6-20(33-22(21)24(39)30-2)17-11-32-37(13-17)8-3-9-38/h4-7,10-13,38H,3,8-9,14H2,1-2H3,(H,30,39)(H2,40,41,42)(H2,31,34,35,36). The topological polar surface area (TPSA) is 187 Å².